The van der Waals surface area contributed by atoms with E-state index in [-0.39, 0.29) is 30.6 Å². The Hall–Kier alpha value is -2.60. The van der Waals surface area contributed by atoms with Crippen LogP contribution in [0.2, 0.25) is 0 Å². The van der Waals surface area contributed by atoms with Gasteiger partial charge < -0.3 is 10.4 Å². The van der Waals surface area contributed by atoms with E-state index in [4.69, 9.17) is 5.11 Å². The van der Waals surface area contributed by atoms with E-state index < -0.39 is 0 Å². The molecule has 0 saturated heterocycles. The minimum atomic E-state index is -0.283. The molecule has 25 heavy (non-hydrogen) atoms. The van der Waals surface area contributed by atoms with Crippen molar-refractivity contribution in [2.45, 2.75) is 32.4 Å². The van der Waals surface area contributed by atoms with E-state index in [0.717, 1.165) is 17.5 Å². The quantitative estimate of drug-likeness (QED) is 0.732. The second kappa shape index (κ2) is 7.53. The molecule has 132 valence electrons. The number of carbonyl (C=O) groups is 1. The van der Waals surface area contributed by atoms with E-state index in [1.807, 2.05) is 48.2 Å². The fourth-order valence-corrected chi connectivity index (χ4v) is 3.02. The average Bonchev–Trinajstić information content (AvgIpc) is 3.22. The highest BCUT2D eigenvalue weighted by atomic mass is 16.3. The molecule has 1 aromatic carbocycles. The fourth-order valence-electron chi connectivity index (χ4n) is 3.02. The number of hydrogen-bond donors (Lipinski definition) is 3. The Morgan fingerprint density at radius 3 is 2.80 bits per heavy atom. The summed E-state index contributed by atoms with van der Waals surface area (Å²) in [7, 11) is 0. The molecule has 0 aliphatic heterocycles. The molecular formula is C19H24N4O2. The highest BCUT2D eigenvalue weighted by molar-refractivity contribution is 5.89. The number of rotatable bonds is 5. The molecular weight excluding hydrogens is 316 g/mol. The van der Waals surface area contributed by atoms with Gasteiger partial charge in [-0.2, -0.15) is 5.10 Å². The van der Waals surface area contributed by atoms with Crippen LogP contribution in [0.25, 0.3) is 0 Å². The minimum Gasteiger partial charge on any atom is -0.396 e. The molecule has 0 saturated carbocycles. The van der Waals surface area contributed by atoms with Crippen LogP contribution in [0.15, 0.2) is 48.7 Å². The van der Waals surface area contributed by atoms with E-state index in [2.05, 4.69) is 34.8 Å². The van der Waals surface area contributed by atoms with Crippen molar-refractivity contribution in [3.63, 3.8) is 0 Å². The van der Waals surface area contributed by atoms with E-state index in [1.165, 1.54) is 0 Å². The lowest BCUT2D eigenvalue weighted by Gasteiger charge is -2.13. The standard InChI is InChI=1S/C19H24N4O2/c1-13-11-23(14(2)16-6-4-3-5-7-16)22-18(13)21-19(25)20-17-9-8-15(10-17)12-24/h3-9,11,14-15,17,24H,10,12H2,1-2H3,(H2,20,21,22,25)/t14-,15+,17-/m1/s1. The second-order valence-electron chi connectivity index (χ2n) is 6.50. The van der Waals surface area contributed by atoms with E-state index >= 15 is 0 Å². The maximum absolute atomic E-state index is 12.2. The number of aliphatic hydroxyl groups excluding tert-OH is 1. The zero-order valence-corrected chi connectivity index (χ0v) is 14.5. The lowest BCUT2D eigenvalue weighted by Crippen LogP contribution is -2.36. The number of aromatic nitrogens is 2. The van der Waals surface area contributed by atoms with Gasteiger partial charge in [-0.25, -0.2) is 4.79 Å². The van der Waals surface area contributed by atoms with Crippen molar-refractivity contribution in [1.82, 2.24) is 15.1 Å². The van der Waals surface area contributed by atoms with Crippen molar-refractivity contribution in [3.05, 3.63) is 59.8 Å². The molecule has 0 fully saturated rings. The van der Waals surface area contributed by atoms with Crippen LogP contribution in [-0.4, -0.2) is 33.6 Å². The minimum absolute atomic E-state index is 0.0530. The van der Waals surface area contributed by atoms with Crippen molar-refractivity contribution in [3.8, 4) is 0 Å². The first-order valence-electron chi connectivity index (χ1n) is 8.54. The Labute approximate surface area is 147 Å². The highest BCUT2D eigenvalue weighted by Crippen LogP contribution is 2.21. The molecule has 0 unspecified atom stereocenters. The Bertz CT molecular complexity index is 754. The van der Waals surface area contributed by atoms with Gasteiger partial charge in [0.25, 0.3) is 0 Å². The van der Waals surface area contributed by atoms with Crippen molar-refractivity contribution >= 4 is 11.8 Å². The molecule has 1 aliphatic rings. The van der Waals surface area contributed by atoms with E-state index in [0.29, 0.717) is 5.82 Å². The summed E-state index contributed by atoms with van der Waals surface area (Å²) in [5, 5.41) is 19.4. The van der Waals surface area contributed by atoms with Crippen LogP contribution >= 0.6 is 0 Å². The topological polar surface area (TPSA) is 79.2 Å². The van der Waals surface area contributed by atoms with Crippen molar-refractivity contribution in [2.75, 3.05) is 11.9 Å². The van der Waals surface area contributed by atoms with Gasteiger partial charge in [0.15, 0.2) is 5.82 Å². The van der Waals surface area contributed by atoms with E-state index in [1.54, 1.807) is 0 Å². The molecule has 0 radical (unpaired) electrons. The van der Waals surface area contributed by atoms with Crippen molar-refractivity contribution in [1.29, 1.82) is 0 Å². The number of nitrogens with one attached hydrogen (secondary N) is 2. The molecule has 3 atom stereocenters. The summed E-state index contributed by atoms with van der Waals surface area (Å²) in [4.78, 5) is 12.2. The maximum Gasteiger partial charge on any atom is 0.320 e. The summed E-state index contributed by atoms with van der Waals surface area (Å²) < 4.78 is 1.86. The van der Waals surface area contributed by atoms with Crippen molar-refractivity contribution in [2.24, 2.45) is 5.92 Å². The average molecular weight is 340 g/mol. The van der Waals surface area contributed by atoms with Gasteiger partial charge in [0.05, 0.1) is 6.04 Å². The number of nitrogens with zero attached hydrogens (tertiary/aromatic N) is 2. The zero-order valence-electron chi connectivity index (χ0n) is 14.5. The van der Waals surface area contributed by atoms with Gasteiger partial charge in [-0.15, -0.1) is 0 Å². The summed E-state index contributed by atoms with van der Waals surface area (Å²) in [5.74, 6) is 0.680. The number of amides is 2. The van der Waals surface area contributed by atoms with Crippen LogP contribution < -0.4 is 10.6 Å². The van der Waals surface area contributed by atoms with Gasteiger partial charge in [-0.05, 0) is 25.8 Å². The van der Waals surface area contributed by atoms with Crippen LogP contribution in [-0.2, 0) is 0 Å². The van der Waals surface area contributed by atoms with Gasteiger partial charge in [-0.1, -0.05) is 42.5 Å². The van der Waals surface area contributed by atoms with Gasteiger partial charge in [-0.3, -0.25) is 10.00 Å². The summed E-state index contributed by atoms with van der Waals surface area (Å²) >= 11 is 0. The Morgan fingerprint density at radius 1 is 1.36 bits per heavy atom. The molecule has 2 amide bonds. The van der Waals surface area contributed by atoms with Gasteiger partial charge >= 0.3 is 6.03 Å². The molecule has 1 aliphatic carbocycles. The molecule has 1 aromatic heterocycles. The number of urea groups is 1. The van der Waals surface area contributed by atoms with Crippen LogP contribution in [0, 0.1) is 12.8 Å². The number of aliphatic hydroxyl groups is 1. The van der Waals surface area contributed by atoms with E-state index in [9.17, 15) is 4.79 Å². The Balaban J connectivity index is 1.63. The van der Waals surface area contributed by atoms with Crippen LogP contribution in [0.4, 0.5) is 10.6 Å². The third kappa shape index (κ3) is 4.09. The smallest absolute Gasteiger partial charge is 0.320 e. The molecule has 6 heteroatoms. The van der Waals surface area contributed by atoms with Gasteiger partial charge in [0.1, 0.15) is 0 Å². The maximum atomic E-state index is 12.2. The molecule has 0 bridgehead atoms. The molecule has 0 spiro atoms. The third-order valence-electron chi connectivity index (χ3n) is 4.55. The summed E-state index contributed by atoms with van der Waals surface area (Å²) in [6.45, 7) is 4.11. The fraction of sp³-hybridized carbons (Fsp3) is 0.368. The molecule has 6 nitrogen and oxygen atoms in total. The molecule has 1 heterocycles. The number of benzene rings is 1. The predicted octanol–water partition coefficient (Wildman–Crippen LogP) is 2.86. The van der Waals surface area contributed by atoms with Crippen LogP contribution in [0.1, 0.15) is 30.5 Å². The first-order chi connectivity index (χ1) is 12.1. The Kier molecular flexibility index (Phi) is 5.19. The first-order valence-corrected chi connectivity index (χ1v) is 8.54. The normalized spacial score (nSPS) is 20.4. The third-order valence-corrected chi connectivity index (χ3v) is 4.55. The number of hydrogen-bond acceptors (Lipinski definition) is 3. The van der Waals surface area contributed by atoms with Crippen LogP contribution in [0.3, 0.4) is 0 Å². The largest absolute Gasteiger partial charge is 0.396 e. The zero-order chi connectivity index (χ0) is 17.8. The lowest BCUT2D eigenvalue weighted by molar-refractivity contribution is 0.238. The summed E-state index contributed by atoms with van der Waals surface area (Å²) in [5.41, 5.74) is 2.07. The SMILES string of the molecule is Cc1cn([C@H](C)c2ccccc2)nc1NC(=O)N[C@@H]1C=C[C@H](CO)C1. The second-order valence-corrected chi connectivity index (χ2v) is 6.50. The predicted molar refractivity (Wildman–Crippen MR) is 97.5 cm³/mol. The monoisotopic (exact) mass is 340 g/mol. The van der Waals surface area contributed by atoms with Crippen LogP contribution in [0.5, 0.6) is 0 Å². The van der Waals surface area contributed by atoms with Gasteiger partial charge in [0.2, 0.25) is 0 Å². The number of carbonyl (C=O) groups excluding carboxylic acids is 1. The Morgan fingerprint density at radius 2 is 2.12 bits per heavy atom. The van der Waals surface area contributed by atoms with Crippen molar-refractivity contribution < 1.29 is 9.90 Å². The molecule has 3 N–H and O–H groups in total. The summed E-state index contributed by atoms with van der Waals surface area (Å²) in [6.07, 6.45) is 6.52. The summed E-state index contributed by atoms with van der Waals surface area (Å²) in [6, 6.07) is 9.86. The first kappa shape index (κ1) is 17.2. The van der Waals surface area contributed by atoms with Gasteiger partial charge in [0, 0.05) is 30.3 Å². The number of aryl methyl sites for hydroxylation is 1. The lowest BCUT2D eigenvalue weighted by atomic mass is 10.1. The highest BCUT2D eigenvalue weighted by Gasteiger charge is 2.20. The number of anilines is 1. The molecule has 3 rings (SSSR count). The molecule has 2 aromatic rings.